The van der Waals surface area contributed by atoms with Crippen molar-refractivity contribution in [1.29, 1.82) is 0 Å². The Hall–Kier alpha value is -1.69. The van der Waals surface area contributed by atoms with Crippen LogP contribution in [0.4, 0.5) is 0 Å². The van der Waals surface area contributed by atoms with Gasteiger partial charge in [-0.2, -0.15) is 0 Å². The van der Waals surface area contributed by atoms with Gasteiger partial charge in [0.1, 0.15) is 0 Å². The summed E-state index contributed by atoms with van der Waals surface area (Å²) in [5.74, 6) is 0.0694. The zero-order valence-electron chi connectivity index (χ0n) is 32.6. The van der Waals surface area contributed by atoms with Crippen molar-refractivity contribution < 1.29 is 10.2 Å². The van der Waals surface area contributed by atoms with Crippen molar-refractivity contribution in [1.82, 2.24) is 0 Å². The van der Waals surface area contributed by atoms with Gasteiger partial charge in [-0.05, 0) is 55.0 Å². The standard InChI is InChI=1S/C32H48N2O2.C6H18NSi2.Al/c1-29(2,3)23-15-21(27(35)25(17-23)31(7,8)9)19-33-13-14-34-20-22-16-24(30(4,5)6)18-26(28(22)36)32(10,11)12;1-8(2,3)7-9(4,5)6;/h15-20,35-36H,13-14H2,1-12H3;1-6H3;/q;-1;+3/p-2. The van der Waals surface area contributed by atoms with Crippen LogP contribution in [0.1, 0.15) is 116 Å². The van der Waals surface area contributed by atoms with Crippen LogP contribution in [0.15, 0.2) is 34.3 Å². The van der Waals surface area contributed by atoms with Gasteiger partial charge in [-0.1, -0.05) is 175 Å². The van der Waals surface area contributed by atoms with Gasteiger partial charge >= 0.3 is 17.4 Å². The molecule has 2 aromatic rings. The van der Waals surface area contributed by atoms with E-state index in [0.717, 1.165) is 22.3 Å². The van der Waals surface area contributed by atoms with Crippen LogP contribution < -0.4 is 10.2 Å². The summed E-state index contributed by atoms with van der Waals surface area (Å²) >= 11 is 0. The monoisotopic (exact) mass is 677 g/mol. The fourth-order valence-corrected chi connectivity index (χ4v) is 13.0. The quantitative estimate of drug-likeness (QED) is 0.166. The number of aliphatic imine (C=N–C) groups is 2. The third-order valence-electron chi connectivity index (χ3n) is 7.07. The normalized spacial score (nSPS) is 13.5. The Morgan fingerprint density at radius 1 is 0.543 bits per heavy atom. The van der Waals surface area contributed by atoms with Crippen LogP contribution in [0.3, 0.4) is 0 Å². The van der Waals surface area contributed by atoms with E-state index in [1.54, 1.807) is 12.4 Å². The third-order valence-corrected chi connectivity index (χ3v) is 12.4. The van der Waals surface area contributed by atoms with Gasteiger partial charge < -0.3 is 14.9 Å². The maximum atomic E-state index is 13.1. The third kappa shape index (κ3) is 15.0. The molecule has 0 unspecified atom stereocenters. The first-order chi connectivity index (χ1) is 19.9. The van der Waals surface area contributed by atoms with Crippen LogP contribution in [-0.4, -0.2) is 59.4 Å². The van der Waals surface area contributed by atoms with E-state index in [0.29, 0.717) is 24.2 Å². The zero-order chi connectivity index (χ0) is 35.4. The van der Waals surface area contributed by atoms with E-state index in [9.17, 15) is 10.2 Å². The van der Waals surface area contributed by atoms with Crippen molar-refractivity contribution in [2.24, 2.45) is 9.98 Å². The second-order valence-corrected chi connectivity index (χ2v) is 28.0. The molecular weight excluding hydrogens is 614 g/mol. The largest absolute Gasteiger partial charge is 3.00 e. The van der Waals surface area contributed by atoms with E-state index in [1.807, 2.05) is 24.3 Å². The minimum absolute atomic E-state index is 0. The molecule has 0 aliphatic carbocycles. The zero-order valence-corrected chi connectivity index (χ0v) is 35.8. The first kappa shape index (κ1) is 44.3. The number of hydrogen-bond donors (Lipinski definition) is 0. The molecule has 0 aliphatic rings. The number of rotatable bonds is 7. The smallest absolute Gasteiger partial charge is 0.872 e. The van der Waals surface area contributed by atoms with Gasteiger partial charge in [0.05, 0.1) is 13.1 Å². The van der Waals surface area contributed by atoms with Gasteiger partial charge in [0.15, 0.2) is 0 Å². The molecular formula is C38H64AlN3O2Si2. The molecule has 254 valence electrons. The second-order valence-electron chi connectivity index (χ2n) is 18.4. The predicted molar refractivity (Wildman–Crippen MR) is 207 cm³/mol. The second kappa shape index (κ2) is 16.1. The Labute approximate surface area is 296 Å². The Morgan fingerprint density at radius 3 is 1.02 bits per heavy atom. The molecule has 0 bridgehead atoms. The summed E-state index contributed by atoms with van der Waals surface area (Å²) in [6.45, 7) is 40.0. The molecule has 0 aromatic heterocycles. The van der Waals surface area contributed by atoms with Crippen LogP contribution in [0, 0.1) is 0 Å². The van der Waals surface area contributed by atoms with Gasteiger partial charge in [0, 0.05) is 12.4 Å². The maximum Gasteiger partial charge on any atom is 3.00 e. The topological polar surface area (TPSA) is 84.9 Å². The molecule has 0 aliphatic heterocycles. The molecule has 2 aromatic carbocycles. The van der Waals surface area contributed by atoms with E-state index in [4.69, 9.17) is 4.65 Å². The summed E-state index contributed by atoms with van der Waals surface area (Å²) < 4.78 is 4.82. The number of benzene rings is 2. The fraction of sp³-hybridized carbons (Fsp3) is 0.632. The van der Waals surface area contributed by atoms with Crippen molar-refractivity contribution >= 4 is 46.3 Å². The van der Waals surface area contributed by atoms with Crippen LogP contribution in [0.5, 0.6) is 11.5 Å². The first-order valence-corrected chi connectivity index (χ1v) is 23.3. The summed E-state index contributed by atoms with van der Waals surface area (Å²) in [5.41, 5.74) is 4.50. The minimum Gasteiger partial charge on any atom is -0.872 e. The Morgan fingerprint density at radius 2 is 0.826 bits per heavy atom. The molecule has 0 fully saturated rings. The number of hydrogen-bond acceptors (Lipinski definition) is 4. The molecule has 0 atom stereocenters. The van der Waals surface area contributed by atoms with Crippen LogP contribution in [0.2, 0.25) is 39.3 Å². The molecule has 0 saturated carbocycles. The Bertz CT molecular complexity index is 1240. The molecule has 0 saturated heterocycles. The van der Waals surface area contributed by atoms with E-state index < -0.39 is 16.5 Å². The van der Waals surface area contributed by atoms with Gasteiger partial charge in [-0.3, -0.25) is 9.98 Å². The van der Waals surface area contributed by atoms with E-state index in [-0.39, 0.29) is 50.5 Å². The summed E-state index contributed by atoms with van der Waals surface area (Å²) in [5, 5.41) is 26.2. The summed E-state index contributed by atoms with van der Waals surface area (Å²) in [6, 6.07) is 8.00. The number of nitrogens with zero attached hydrogens (tertiary/aromatic N) is 3. The SMILES string of the molecule is CC(C)(C)c1cc(C=NCCN=Cc2cc(C(C)(C)C)cc(C(C)(C)C)c2[O-])c([O-])c(C(C)(C)C)c1.C[Si](C)(C)[N-][Si](C)(C)C.[Al+3]. The summed E-state index contributed by atoms with van der Waals surface area (Å²) in [4.78, 5) is 9.00. The van der Waals surface area contributed by atoms with Crippen LogP contribution in [-0.2, 0) is 21.7 Å². The van der Waals surface area contributed by atoms with Gasteiger partial charge in [0.2, 0.25) is 0 Å². The van der Waals surface area contributed by atoms with Gasteiger partial charge in [-0.25, -0.2) is 0 Å². The molecule has 0 heterocycles. The van der Waals surface area contributed by atoms with Crippen molar-refractivity contribution in [2.45, 2.75) is 144 Å². The Kier molecular flexibility index (Phi) is 15.5. The van der Waals surface area contributed by atoms with Gasteiger partial charge in [-0.15, -0.1) is 0 Å². The molecule has 0 radical (unpaired) electrons. The van der Waals surface area contributed by atoms with E-state index in [1.165, 1.54) is 0 Å². The van der Waals surface area contributed by atoms with Crippen molar-refractivity contribution in [3.63, 3.8) is 0 Å². The molecule has 46 heavy (non-hydrogen) atoms. The maximum absolute atomic E-state index is 13.1. The van der Waals surface area contributed by atoms with E-state index >= 15 is 0 Å². The van der Waals surface area contributed by atoms with Crippen LogP contribution in [0.25, 0.3) is 4.65 Å². The minimum atomic E-state index is -1.11. The predicted octanol–water partition coefficient (Wildman–Crippen LogP) is 9.21. The van der Waals surface area contributed by atoms with E-state index in [2.05, 4.69) is 132 Å². The summed E-state index contributed by atoms with van der Waals surface area (Å²) in [6.07, 6.45) is 3.36. The van der Waals surface area contributed by atoms with Crippen molar-refractivity contribution in [2.75, 3.05) is 13.1 Å². The summed E-state index contributed by atoms with van der Waals surface area (Å²) in [7, 11) is -2.21. The molecule has 0 N–H and O–H groups in total. The van der Waals surface area contributed by atoms with Crippen molar-refractivity contribution in [3.8, 4) is 11.5 Å². The molecule has 2 rings (SSSR count). The average molecular weight is 678 g/mol. The molecule has 5 nitrogen and oxygen atoms in total. The average Bonchev–Trinajstić information content (AvgIpc) is 2.78. The van der Waals surface area contributed by atoms with Crippen molar-refractivity contribution in [3.05, 3.63) is 62.3 Å². The first-order valence-electron chi connectivity index (χ1n) is 16.4. The molecule has 8 heteroatoms. The molecule has 0 spiro atoms. The van der Waals surface area contributed by atoms with Gasteiger partial charge in [0.25, 0.3) is 0 Å². The Balaban J connectivity index is 0.00000176. The molecule has 0 amide bonds. The fourth-order valence-electron chi connectivity index (χ4n) is 4.92. The van der Waals surface area contributed by atoms with Crippen LogP contribution >= 0.6 is 0 Å².